The molecule has 2 aromatic rings. The van der Waals surface area contributed by atoms with E-state index in [9.17, 15) is 14.9 Å². The number of hydrogen-bond donors (Lipinski definition) is 1. The van der Waals surface area contributed by atoms with Crippen molar-refractivity contribution in [3.63, 3.8) is 0 Å². The summed E-state index contributed by atoms with van der Waals surface area (Å²) in [5.74, 6) is -0.345. The van der Waals surface area contributed by atoms with Gasteiger partial charge in [0.05, 0.1) is 9.99 Å². The fourth-order valence-electron chi connectivity index (χ4n) is 2.09. The number of benzene rings is 2. The third kappa shape index (κ3) is 5.51. The number of Topliss-reactive ketones (excluding diaryl/α,β-unsaturated/α-hetero) is 1. The molecule has 0 aliphatic heterocycles. The van der Waals surface area contributed by atoms with Gasteiger partial charge < -0.3 is 5.32 Å². The summed E-state index contributed by atoms with van der Waals surface area (Å²) in [7, 11) is 0. The van der Waals surface area contributed by atoms with Crippen molar-refractivity contribution in [3.8, 4) is 6.07 Å². The van der Waals surface area contributed by atoms with Gasteiger partial charge >= 0.3 is 0 Å². The predicted molar refractivity (Wildman–Crippen MR) is 109 cm³/mol. The largest absolute Gasteiger partial charge is 0.321 e. The second kappa shape index (κ2) is 9.85. The van der Waals surface area contributed by atoms with Gasteiger partial charge in [-0.3, -0.25) is 9.59 Å². The Morgan fingerprint density at radius 3 is 2.31 bits per heavy atom. The van der Waals surface area contributed by atoms with Crippen molar-refractivity contribution in [1.29, 1.82) is 5.26 Å². The number of anilines is 1. The highest BCUT2D eigenvalue weighted by Gasteiger charge is 2.17. The number of aryl methyl sites for hydroxylation is 1. The lowest BCUT2D eigenvalue weighted by atomic mass is 10.2. The summed E-state index contributed by atoms with van der Waals surface area (Å²) in [6, 6.07) is 18.3. The van der Waals surface area contributed by atoms with Crippen LogP contribution < -0.4 is 5.32 Å². The Balaban J connectivity index is 2.10. The van der Waals surface area contributed by atoms with E-state index in [1.165, 1.54) is 23.5 Å². The smallest absolute Gasteiger partial charge is 0.268 e. The van der Waals surface area contributed by atoms with Gasteiger partial charge in [-0.25, -0.2) is 0 Å². The predicted octanol–water partition coefficient (Wildman–Crippen LogP) is 4.65. The molecule has 0 bridgehead atoms. The van der Waals surface area contributed by atoms with Crippen LogP contribution >= 0.6 is 23.5 Å². The molecular formula is C20H18N2O2S2. The van der Waals surface area contributed by atoms with Crippen molar-refractivity contribution < 1.29 is 9.59 Å². The van der Waals surface area contributed by atoms with Crippen molar-refractivity contribution in [2.24, 2.45) is 0 Å². The zero-order valence-corrected chi connectivity index (χ0v) is 16.1. The van der Waals surface area contributed by atoms with E-state index in [-0.39, 0.29) is 17.1 Å². The van der Waals surface area contributed by atoms with E-state index in [0.717, 1.165) is 5.56 Å². The third-order valence-electron chi connectivity index (χ3n) is 3.47. The molecule has 2 rings (SSSR count). The first-order valence-electron chi connectivity index (χ1n) is 7.82. The summed E-state index contributed by atoms with van der Waals surface area (Å²) in [6.45, 7) is 1.96. The molecule has 0 aromatic heterocycles. The normalized spacial score (nSPS) is 11.3. The summed E-state index contributed by atoms with van der Waals surface area (Å²) < 4.78 is 0.529. The lowest BCUT2D eigenvalue weighted by Gasteiger charge is -2.09. The van der Waals surface area contributed by atoms with Gasteiger partial charge in [0, 0.05) is 11.3 Å². The van der Waals surface area contributed by atoms with Gasteiger partial charge in [-0.05, 0) is 25.3 Å². The highest BCUT2D eigenvalue weighted by Crippen LogP contribution is 2.31. The van der Waals surface area contributed by atoms with Gasteiger partial charge in [0.15, 0.2) is 5.78 Å². The Bertz CT molecular complexity index is 854. The first kappa shape index (κ1) is 19.8. The van der Waals surface area contributed by atoms with Crippen LogP contribution in [0.4, 0.5) is 5.69 Å². The zero-order chi connectivity index (χ0) is 18.9. The van der Waals surface area contributed by atoms with Crippen LogP contribution in [0.2, 0.25) is 0 Å². The van der Waals surface area contributed by atoms with E-state index >= 15 is 0 Å². The van der Waals surface area contributed by atoms with E-state index in [1.807, 2.05) is 31.2 Å². The van der Waals surface area contributed by atoms with E-state index in [2.05, 4.69) is 5.32 Å². The minimum Gasteiger partial charge on any atom is -0.321 e. The van der Waals surface area contributed by atoms with Crippen molar-refractivity contribution in [3.05, 3.63) is 75.5 Å². The molecule has 0 radical (unpaired) electrons. The minimum atomic E-state index is -0.472. The number of carbonyl (C=O) groups is 2. The van der Waals surface area contributed by atoms with Crippen molar-refractivity contribution in [2.45, 2.75) is 6.92 Å². The van der Waals surface area contributed by atoms with E-state index in [4.69, 9.17) is 0 Å². The van der Waals surface area contributed by atoms with Crippen LogP contribution in [-0.2, 0) is 4.79 Å². The SMILES string of the molecule is CS/C(SCC(=O)c1ccccc1)=C(/C#N)C(=O)Nc1ccc(C)cc1. The Morgan fingerprint density at radius 2 is 1.73 bits per heavy atom. The second-order valence-corrected chi connectivity index (χ2v) is 7.44. The Hall–Kier alpha value is -2.49. The van der Waals surface area contributed by atoms with Gasteiger partial charge in [0.25, 0.3) is 5.91 Å². The lowest BCUT2D eigenvalue weighted by molar-refractivity contribution is -0.112. The van der Waals surface area contributed by atoms with Gasteiger partial charge in [0.1, 0.15) is 11.6 Å². The molecule has 4 nitrogen and oxygen atoms in total. The lowest BCUT2D eigenvalue weighted by Crippen LogP contribution is -2.14. The number of nitriles is 1. The molecular weight excluding hydrogens is 364 g/mol. The average Bonchev–Trinajstić information content (AvgIpc) is 2.67. The van der Waals surface area contributed by atoms with Crippen molar-refractivity contribution in [1.82, 2.24) is 0 Å². The number of thioether (sulfide) groups is 2. The maximum Gasteiger partial charge on any atom is 0.268 e. The summed E-state index contributed by atoms with van der Waals surface area (Å²) >= 11 is 2.50. The molecule has 1 N–H and O–H groups in total. The fourth-order valence-corrected chi connectivity index (χ4v) is 3.79. The highest BCUT2D eigenvalue weighted by molar-refractivity contribution is 8.22. The number of carbonyl (C=O) groups excluding carboxylic acids is 2. The third-order valence-corrected chi connectivity index (χ3v) is 5.77. The number of amides is 1. The molecule has 2 aromatic carbocycles. The fraction of sp³-hybridized carbons (Fsp3) is 0.150. The van der Waals surface area contributed by atoms with Crippen molar-refractivity contribution in [2.75, 3.05) is 17.3 Å². The number of hydrogen-bond acceptors (Lipinski definition) is 5. The molecule has 0 heterocycles. The summed E-state index contributed by atoms with van der Waals surface area (Å²) in [5.41, 5.74) is 2.34. The molecule has 0 fully saturated rings. The van der Waals surface area contributed by atoms with Crippen LogP contribution in [0.15, 0.2) is 64.4 Å². The van der Waals surface area contributed by atoms with Crippen LogP contribution in [0.1, 0.15) is 15.9 Å². The van der Waals surface area contributed by atoms with E-state index in [0.29, 0.717) is 15.5 Å². The zero-order valence-electron chi connectivity index (χ0n) is 14.5. The summed E-state index contributed by atoms with van der Waals surface area (Å²) in [4.78, 5) is 24.7. The van der Waals surface area contributed by atoms with E-state index in [1.54, 1.807) is 42.7 Å². The molecule has 132 valence electrons. The topological polar surface area (TPSA) is 70.0 Å². The minimum absolute atomic E-state index is 0.0175. The van der Waals surface area contributed by atoms with Gasteiger partial charge in [-0.15, -0.1) is 23.5 Å². The number of ketones is 1. The molecule has 0 aliphatic carbocycles. The Kier molecular flexibility index (Phi) is 7.52. The molecule has 1 amide bonds. The van der Waals surface area contributed by atoms with Crippen LogP contribution in [0.3, 0.4) is 0 Å². The first-order chi connectivity index (χ1) is 12.5. The highest BCUT2D eigenvalue weighted by atomic mass is 32.2. The molecule has 6 heteroatoms. The van der Waals surface area contributed by atoms with Gasteiger partial charge in [0.2, 0.25) is 0 Å². The molecule has 26 heavy (non-hydrogen) atoms. The monoisotopic (exact) mass is 382 g/mol. The Morgan fingerprint density at radius 1 is 1.08 bits per heavy atom. The van der Waals surface area contributed by atoms with Gasteiger partial charge in [-0.2, -0.15) is 5.26 Å². The first-order valence-corrected chi connectivity index (χ1v) is 10.0. The number of rotatable bonds is 7. The van der Waals surface area contributed by atoms with Crippen LogP contribution in [0.5, 0.6) is 0 Å². The van der Waals surface area contributed by atoms with Crippen LogP contribution in [0.25, 0.3) is 0 Å². The summed E-state index contributed by atoms with van der Waals surface area (Å²) in [5, 5.41) is 12.1. The van der Waals surface area contributed by atoms with Gasteiger partial charge in [-0.1, -0.05) is 48.0 Å². The second-order valence-electron chi connectivity index (χ2n) is 5.38. The molecule has 0 aliphatic rings. The molecule has 0 spiro atoms. The molecule has 0 saturated heterocycles. The Labute approximate surface area is 161 Å². The van der Waals surface area contributed by atoms with Crippen molar-refractivity contribution >= 4 is 40.9 Å². The maximum atomic E-state index is 12.4. The quantitative estimate of drug-likeness (QED) is 0.429. The molecule has 0 atom stereocenters. The van der Waals surface area contributed by atoms with Crippen LogP contribution in [0, 0.1) is 18.3 Å². The maximum absolute atomic E-state index is 12.4. The molecule has 0 saturated carbocycles. The number of nitrogens with one attached hydrogen (secondary N) is 1. The summed E-state index contributed by atoms with van der Waals surface area (Å²) in [6.07, 6.45) is 1.78. The number of nitrogens with zero attached hydrogens (tertiary/aromatic N) is 1. The van der Waals surface area contributed by atoms with E-state index < -0.39 is 5.91 Å². The standard InChI is InChI=1S/C20H18N2O2S2/c1-14-8-10-16(11-9-14)22-19(24)17(12-21)20(25-2)26-13-18(23)15-6-4-3-5-7-15/h3-11H,13H2,1-2H3,(H,22,24)/b20-17+. The average molecular weight is 383 g/mol. The molecule has 0 unspecified atom stereocenters. The van der Waals surface area contributed by atoms with Crippen LogP contribution in [-0.4, -0.2) is 23.7 Å².